The molecule has 1 aliphatic heterocycles. The van der Waals surface area contributed by atoms with Crippen LogP contribution in [0.3, 0.4) is 0 Å². The SMILES string of the molecule is C/C=C\C=C/C.C1=CC2C(c3ccccc3N2c2ccccc2)c2oc3ccccc3c21. The topological polar surface area (TPSA) is 16.4 Å². The van der Waals surface area contributed by atoms with Crippen LogP contribution in [0.4, 0.5) is 11.4 Å². The molecule has 0 saturated carbocycles. The minimum absolute atomic E-state index is 0.221. The Morgan fingerprint density at radius 2 is 1.47 bits per heavy atom. The van der Waals surface area contributed by atoms with Gasteiger partial charge in [0.05, 0.1) is 12.0 Å². The fraction of sp³-hybridized carbons (Fsp3) is 0.133. The van der Waals surface area contributed by atoms with Gasteiger partial charge in [-0.2, -0.15) is 0 Å². The maximum absolute atomic E-state index is 6.37. The van der Waals surface area contributed by atoms with Crippen LogP contribution in [0, 0.1) is 0 Å². The first kappa shape index (κ1) is 20.1. The Hall–Kier alpha value is -3.78. The average Bonchev–Trinajstić information content (AvgIpc) is 3.39. The van der Waals surface area contributed by atoms with Gasteiger partial charge in [-0.05, 0) is 43.7 Å². The number of allylic oxidation sites excluding steroid dienone is 4. The number of hydrogen-bond donors (Lipinski definition) is 0. The normalized spacial score (nSPS) is 18.5. The largest absolute Gasteiger partial charge is 0.460 e. The van der Waals surface area contributed by atoms with E-state index in [1.54, 1.807) is 0 Å². The zero-order valence-corrected chi connectivity index (χ0v) is 18.5. The van der Waals surface area contributed by atoms with Gasteiger partial charge in [-0.3, -0.25) is 0 Å². The molecule has 2 heterocycles. The molecule has 2 unspecified atom stereocenters. The minimum atomic E-state index is 0.221. The second-order valence-corrected chi connectivity index (χ2v) is 8.02. The van der Waals surface area contributed by atoms with Gasteiger partial charge < -0.3 is 9.32 Å². The first-order valence-electron chi connectivity index (χ1n) is 11.2. The van der Waals surface area contributed by atoms with Crippen molar-refractivity contribution in [3.63, 3.8) is 0 Å². The third kappa shape index (κ3) is 3.38. The Morgan fingerprint density at radius 3 is 2.25 bits per heavy atom. The molecule has 6 rings (SSSR count). The van der Waals surface area contributed by atoms with Crippen LogP contribution >= 0.6 is 0 Å². The van der Waals surface area contributed by atoms with Crippen molar-refractivity contribution in [3.8, 4) is 0 Å². The van der Waals surface area contributed by atoms with Crippen molar-refractivity contribution >= 4 is 28.4 Å². The van der Waals surface area contributed by atoms with Crippen LogP contribution < -0.4 is 4.90 Å². The molecule has 4 aromatic rings. The van der Waals surface area contributed by atoms with Crippen LogP contribution in [0.15, 0.2) is 114 Å². The molecule has 0 spiro atoms. The summed E-state index contributed by atoms with van der Waals surface area (Å²) in [5.41, 5.74) is 6.03. The van der Waals surface area contributed by atoms with E-state index >= 15 is 0 Å². The van der Waals surface area contributed by atoms with Gasteiger partial charge in [0.1, 0.15) is 11.3 Å². The predicted octanol–water partition coefficient (Wildman–Crippen LogP) is 8.25. The molecule has 2 nitrogen and oxygen atoms in total. The van der Waals surface area contributed by atoms with Gasteiger partial charge in [-0.1, -0.05) is 91.1 Å². The van der Waals surface area contributed by atoms with E-state index in [1.165, 1.54) is 27.9 Å². The van der Waals surface area contributed by atoms with Gasteiger partial charge in [-0.25, -0.2) is 0 Å². The van der Waals surface area contributed by atoms with Gasteiger partial charge in [0.2, 0.25) is 0 Å². The van der Waals surface area contributed by atoms with Crippen LogP contribution in [-0.4, -0.2) is 6.04 Å². The first-order valence-corrected chi connectivity index (χ1v) is 11.2. The monoisotopic (exact) mass is 417 g/mol. The zero-order chi connectivity index (χ0) is 21.9. The molecular formula is C30H27NO. The van der Waals surface area contributed by atoms with Crippen LogP contribution in [0.2, 0.25) is 0 Å². The summed E-state index contributed by atoms with van der Waals surface area (Å²) in [7, 11) is 0. The highest BCUT2D eigenvalue weighted by atomic mass is 16.3. The van der Waals surface area contributed by atoms with Crippen LogP contribution in [0.5, 0.6) is 0 Å². The van der Waals surface area contributed by atoms with Crippen LogP contribution in [-0.2, 0) is 0 Å². The zero-order valence-electron chi connectivity index (χ0n) is 18.5. The average molecular weight is 418 g/mol. The van der Waals surface area contributed by atoms with Gasteiger partial charge in [-0.15, -0.1) is 0 Å². The molecule has 2 aliphatic rings. The van der Waals surface area contributed by atoms with Crippen molar-refractivity contribution in [1.82, 2.24) is 0 Å². The van der Waals surface area contributed by atoms with Crippen molar-refractivity contribution < 1.29 is 4.42 Å². The Morgan fingerprint density at radius 1 is 0.781 bits per heavy atom. The molecule has 0 bridgehead atoms. The summed E-state index contributed by atoms with van der Waals surface area (Å²) in [6.07, 6.45) is 12.6. The number of rotatable bonds is 2. The summed E-state index contributed by atoms with van der Waals surface area (Å²) < 4.78 is 6.37. The highest BCUT2D eigenvalue weighted by Gasteiger charge is 2.43. The first-order chi connectivity index (χ1) is 15.8. The highest BCUT2D eigenvalue weighted by molar-refractivity contribution is 5.91. The molecule has 2 atom stereocenters. The quantitative estimate of drug-likeness (QED) is 0.305. The lowest BCUT2D eigenvalue weighted by atomic mass is 9.85. The Balaban J connectivity index is 0.000000322. The summed E-state index contributed by atoms with van der Waals surface area (Å²) in [6.45, 7) is 4.00. The van der Waals surface area contributed by atoms with Gasteiger partial charge in [0.25, 0.3) is 0 Å². The predicted molar refractivity (Wildman–Crippen MR) is 136 cm³/mol. The molecule has 3 aromatic carbocycles. The van der Waals surface area contributed by atoms with E-state index in [0.29, 0.717) is 0 Å². The number of hydrogen-bond acceptors (Lipinski definition) is 2. The number of fused-ring (bicyclic) bond motifs is 7. The summed E-state index contributed by atoms with van der Waals surface area (Å²) in [5, 5.41) is 1.20. The lowest BCUT2D eigenvalue weighted by Gasteiger charge is -2.29. The van der Waals surface area contributed by atoms with Crippen molar-refractivity contribution in [2.75, 3.05) is 4.90 Å². The summed E-state index contributed by atoms with van der Waals surface area (Å²) >= 11 is 0. The second-order valence-electron chi connectivity index (χ2n) is 8.02. The van der Waals surface area contributed by atoms with Crippen molar-refractivity contribution in [2.24, 2.45) is 0 Å². The summed E-state index contributed by atoms with van der Waals surface area (Å²) in [5.74, 6) is 1.31. The number of benzene rings is 3. The maximum Gasteiger partial charge on any atom is 0.134 e. The lowest BCUT2D eigenvalue weighted by molar-refractivity contribution is 0.505. The Bertz CT molecular complexity index is 1300. The second kappa shape index (κ2) is 8.76. The molecule has 0 radical (unpaired) electrons. The molecule has 0 saturated heterocycles. The number of anilines is 2. The minimum Gasteiger partial charge on any atom is -0.460 e. The molecule has 1 aromatic heterocycles. The molecular weight excluding hydrogens is 390 g/mol. The summed E-state index contributed by atoms with van der Waals surface area (Å²) in [4.78, 5) is 2.44. The number of para-hydroxylation sites is 3. The molecule has 0 amide bonds. The van der Waals surface area contributed by atoms with E-state index < -0.39 is 0 Å². The summed E-state index contributed by atoms with van der Waals surface area (Å²) in [6, 6.07) is 27.9. The molecule has 0 fully saturated rings. The highest BCUT2D eigenvalue weighted by Crippen LogP contribution is 2.52. The molecule has 2 heteroatoms. The van der Waals surface area contributed by atoms with Gasteiger partial charge in [0.15, 0.2) is 0 Å². The Kier molecular flexibility index (Phi) is 5.51. The van der Waals surface area contributed by atoms with Gasteiger partial charge >= 0.3 is 0 Å². The van der Waals surface area contributed by atoms with E-state index in [0.717, 1.165) is 11.3 Å². The van der Waals surface area contributed by atoms with E-state index in [2.05, 4.69) is 89.8 Å². The van der Waals surface area contributed by atoms with E-state index in [1.807, 2.05) is 44.2 Å². The standard InChI is InChI=1S/C24H17NO.C6H10/c1-2-8-16(9-3-1)25-20-12-6-4-11-19(20)23-21(25)15-14-18-17-10-5-7-13-22(17)26-24(18)23;1-3-5-6-4-2/h1-15,21,23H;3-6H,1-2H3/b;5-3-,6-4-. The van der Waals surface area contributed by atoms with Crippen molar-refractivity contribution in [1.29, 1.82) is 0 Å². The molecule has 32 heavy (non-hydrogen) atoms. The van der Waals surface area contributed by atoms with E-state index in [-0.39, 0.29) is 12.0 Å². The van der Waals surface area contributed by atoms with E-state index in [9.17, 15) is 0 Å². The van der Waals surface area contributed by atoms with Crippen LogP contribution in [0.25, 0.3) is 17.0 Å². The smallest absolute Gasteiger partial charge is 0.134 e. The fourth-order valence-corrected chi connectivity index (χ4v) is 4.76. The lowest BCUT2D eigenvalue weighted by Crippen LogP contribution is -2.30. The maximum atomic E-state index is 6.37. The third-order valence-corrected chi connectivity index (χ3v) is 6.11. The van der Waals surface area contributed by atoms with Crippen molar-refractivity contribution in [3.05, 3.63) is 126 Å². The Labute approximate surface area is 189 Å². The number of furan rings is 1. The molecule has 1 aliphatic carbocycles. The molecule has 158 valence electrons. The van der Waals surface area contributed by atoms with E-state index in [4.69, 9.17) is 4.42 Å². The molecule has 0 N–H and O–H groups in total. The van der Waals surface area contributed by atoms with Gasteiger partial charge in [0, 0.05) is 22.3 Å². The van der Waals surface area contributed by atoms with Crippen molar-refractivity contribution in [2.45, 2.75) is 25.8 Å². The third-order valence-electron chi connectivity index (χ3n) is 6.11. The fourth-order valence-electron chi connectivity index (χ4n) is 4.76. The number of nitrogens with zero attached hydrogens (tertiary/aromatic N) is 1. The van der Waals surface area contributed by atoms with Crippen LogP contribution in [0.1, 0.15) is 36.7 Å².